The summed E-state index contributed by atoms with van der Waals surface area (Å²) in [4.78, 5) is 4.03. The summed E-state index contributed by atoms with van der Waals surface area (Å²) in [5.74, 6) is 5.40. The van der Waals surface area contributed by atoms with Gasteiger partial charge in [-0.2, -0.15) is 4.31 Å². The van der Waals surface area contributed by atoms with Crippen LogP contribution >= 0.6 is 0 Å². The molecule has 20 heavy (non-hydrogen) atoms. The van der Waals surface area contributed by atoms with Crippen LogP contribution in [0, 0.1) is 0 Å². The number of nitrogen functional groups attached to an aromatic ring is 1. The summed E-state index contributed by atoms with van der Waals surface area (Å²) in [6.45, 7) is 6.44. The minimum Gasteiger partial charge on any atom is -0.323 e. The lowest BCUT2D eigenvalue weighted by Gasteiger charge is -2.28. The lowest BCUT2D eigenvalue weighted by Crippen LogP contribution is -2.39. The van der Waals surface area contributed by atoms with Gasteiger partial charge < -0.3 is 5.43 Å². The normalized spacial score (nSPS) is 13.4. The van der Waals surface area contributed by atoms with Gasteiger partial charge in [0, 0.05) is 25.0 Å². The Morgan fingerprint density at radius 3 is 2.70 bits per heavy atom. The molecule has 1 atom stereocenters. The SMILES string of the molecule is CCCCN(C(C)CC)S(=O)(=O)c1cnccc1NN. The summed E-state index contributed by atoms with van der Waals surface area (Å²) < 4.78 is 27.2. The maximum absolute atomic E-state index is 12.8. The number of nitrogens with two attached hydrogens (primary N) is 1. The highest BCUT2D eigenvalue weighted by Crippen LogP contribution is 2.25. The standard InChI is InChI=1S/C13H24N4O2S/c1-4-6-9-17(11(3)5-2)20(18,19)13-10-15-8-7-12(13)16-14/h7-8,10-11H,4-6,9,14H2,1-3H3,(H,15,16). The molecule has 0 bridgehead atoms. The van der Waals surface area contributed by atoms with Crippen molar-refractivity contribution in [2.24, 2.45) is 5.84 Å². The Morgan fingerprint density at radius 2 is 2.15 bits per heavy atom. The second-order valence-electron chi connectivity index (χ2n) is 4.74. The van der Waals surface area contributed by atoms with Crippen molar-refractivity contribution in [2.45, 2.75) is 51.0 Å². The molecular formula is C13H24N4O2S. The summed E-state index contributed by atoms with van der Waals surface area (Å²) >= 11 is 0. The number of hydrogen-bond donors (Lipinski definition) is 2. The maximum atomic E-state index is 12.8. The molecule has 7 heteroatoms. The quantitative estimate of drug-likeness (QED) is 0.566. The minimum atomic E-state index is -3.60. The van der Waals surface area contributed by atoms with Crippen LogP contribution in [0.4, 0.5) is 5.69 Å². The van der Waals surface area contributed by atoms with E-state index in [1.807, 2.05) is 20.8 Å². The van der Waals surface area contributed by atoms with Gasteiger partial charge in [-0.15, -0.1) is 0 Å². The van der Waals surface area contributed by atoms with E-state index in [1.54, 1.807) is 6.07 Å². The maximum Gasteiger partial charge on any atom is 0.246 e. The van der Waals surface area contributed by atoms with Gasteiger partial charge in [0.25, 0.3) is 0 Å². The number of pyridine rings is 1. The van der Waals surface area contributed by atoms with Crippen molar-refractivity contribution in [3.8, 4) is 0 Å². The van der Waals surface area contributed by atoms with Gasteiger partial charge in [-0.1, -0.05) is 20.3 Å². The highest BCUT2D eigenvalue weighted by atomic mass is 32.2. The van der Waals surface area contributed by atoms with Gasteiger partial charge in [-0.05, 0) is 25.8 Å². The predicted octanol–water partition coefficient (Wildman–Crippen LogP) is 1.96. The summed E-state index contributed by atoms with van der Waals surface area (Å²) in [6.07, 6.45) is 5.38. The van der Waals surface area contributed by atoms with Crippen LogP contribution in [-0.4, -0.2) is 30.3 Å². The van der Waals surface area contributed by atoms with E-state index in [0.717, 1.165) is 19.3 Å². The predicted molar refractivity (Wildman–Crippen MR) is 80.6 cm³/mol. The second kappa shape index (κ2) is 7.56. The zero-order valence-corrected chi connectivity index (χ0v) is 13.2. The molecule has 0 fully saturated rings. The molecule has 0 aliphatic heterocycles. The molecule has 114 valence electrons. The number of rotatable bonds is 8. The van der Waals surface area contributed by atoms with E-state index in [0.29, 0.717) is 12.2 Å². The molecule has 0 aliphatic rings. The number of hydrazine groups is 1. The zero-order valence-electron chi connectivity index (χ0n) is 12.3. The van der Waals surface area contributed by atoms with Gasteiger partial charge in [0.15, 0.2) is 0 Å². The molecule has 1 rings (SSSR count). The van der Waals surface area contributed by atoms with E-state index in [-0.39, 0.29) is 10.9 Å². The average Bonchev–Trinajstić information content (AvgIpc) is 2.46. The third kappa shape index (κ3) is 3.68. The van der Waals surface area contributed by atoms with Crippen LogP contribution in [0.5, 0.6) is 0 Å². The molecule has 0 saturated carbocycles. The van der Waals surface area contributed by atoms with Crippen LogP contribution in [0.3, 0.4) is 0 Å². The van der Waals surface area contributed by atoms with Crippen LogP contribution in [0.1, 0.15) is 40.0 Å². The molecule has 0 aromatic carbocycles. The van der Waals surface area contributed by atoms with Crippen LogP contribution in [0.25, 0.3) is 0 Å². The van der Waals surface area contributed by atoms with Gasteiger partial charge in [0.1, 0.15) is 4.90 Å². The van der Waals surface area contributed by atoms with E-state index in [4.69, 9.17) is 5.84 Å². The molecule has 3 N–H and O–H groups in total. The second-order valence-corrected chi connectivity index (χ2v) is 6.60. The highest BCUT2D eigenvalue weighted by molar-refractivity contribution is 7.89. The number of nitrogens with zero attached hydrogens (tertiary/aromatic N) is 2. The van der Waals surface area contributed by atoms with Crippen molar-refractivity contribution in [1.82, 2.24) is 9.29 Å². The summed E-state index contributed by atoms with van der Waals surface area (Å²) in [5.41, 5.74) is 2.79. The highest BCUT2D eigenvalue weighted by Gasteiger charge is 2.29. The number of unbranched alkanes of at least 4 members (excludes halogenated alkanes) is 1. The molecule has 6 nitrogen and oxygen atoms in total. The third-order valence-corrected chi connectivity index (χ3v) is 5.38. The first-order valence-electron chi connectivity index (χ1n) is 6.91. The Kier molecular flexibility index (Phi) is 6.38. The molecule has 0 aliphatic carbocycles. The number of hydrogen-bond acceptors (Lipinski definition) is 5. The molecule has 0 spiro atoms. The molecule has 1 aromatic rings. The van der Waals surface area contributed by atoms with Gasteiger partial charge in [0.2, 0.25) is 10.0 Å². The van der Waals surface area contributed by atoms with E-state index in [2.05, 4.69) is 10.4 Å². The number of nitrogens with one attached hydrogen (secondary N) is 1. The Morgan fingerprint density at radius 1 is 1.45 bits per heavy atom. The van der Waals surface area contributed by atoms with Gasteiger partial charge in [-0.3, -0.25) is 10.8 Å². The van der Waals surface area contributed by atoms with E-state index < -0.39 is 10.0 Å². The smallest absolute Gasteiger partial charge is 0.246 e. The zero-order chi connectivity index (χ0) is 15.2. The summed E-state index contributed by atoms with van der Waals surface area (Å²) in [6, 6.07) is 1.50. The molecular weight excluding hydrogens is 276 g/mol. The fraction of sp³-hybridized carbons (Fsp3) is 0.615. The van der Waals surface area contributed by atoms with Crippen molar-refractivity contribution in [3.05, 3.63) is 18.5 Å². The van der Waals surface area contributed by atoms with Crippen LogP contribution in [0.2, 0.25) is 0 Å². The van der Waals surface area contributed by atoms with Crippen molar-refractivity contribution in [3.63, 3.8) is 0 Å². The number of anilines is 1. The first-order chi connectivity index (χ1) is 9.48. The monoisotopic (exact) mass is 300 g/mol. The third-order valence-electron chi connectivity index (χ3n) is 3.34. The van der Waals surface area contributed by atoms with Gasteiger partial charge >= 0.3 is 0 Å². The molecule has 0 amide bonds. The van der Waals surface area contributed by atoms with Crippen molar-refractivity contribution < 1.29 is 8.42 Å². The number of aromatic nitrogens is 1. The van der Waals surface area contributed by atoms with Gasteiger partial charge in [-0.25, -0.2) is 8.42 Å². The van der Waals surface area contributed by atoms with E-state index in [9.17, 15) is 8.42 Å². The fourth-order valence-corrected chi connectivity index (χ4v) is 3.77. The average molecular weight is 300 g/mol. The molecule has 0 saturated heterocycles. The topological polar surface area (TPSA) is 88.3 Å². The van der Waals surface area contributed by atoms with Crippen LogP contribution in [0.15, 0.2) is 23.4 Å². The molecule has 0 radical (unpaired) electrons. The van der Waals surface area contributed by atoms with Crippen molar-refractivity contribution in [2.75, 3.05) is 12.0 Å². The first-order valence-corrected chi connectivity index (χ1v) is 8.35. The Hall–Kier alpha value is -1.18. The largest absolute Gasteiger partial charge is 0.323 e. The van der Waals surface area contributed by atoms with E-state index in [1.165, 1.54) is 16.7 Å². The van der Waals surface area contributed by atoms with Crippen LogP contribution in [-0.2, 0) is 10.0 Å². The van der Waals surface area contributed by atoms with E-state index >= 15 is 0 Å². The van der Waals surface area contributed by atoms with Gasteiger partial charge in [0.05, 0.1) is 5.69 Å². The fourth-order valence-electron chi connectivity index (χ4n) is 1.93. The molecule has 1 unspecified atom stereocenters. The Labute approximate surface area is 121 Å². The lowest BCUT2D eigenvalue weighted by atomic mass is 10.2. The first kappa shape index (κ1) is 16.9. The van der Waals surface area contributed by atoms with Crippen LogP contribution < -0.4 is 11.3 Å². The minimum absolute atomic E-state index is 0.0580. The Balaban J connectivity index is 3.21. The Bertz CT molecular complexity index is 519. The summed E-state index contributed by atoms with van der Waals surface area (Å²) in [7, 11) is -3.60. The molecule has 1 aromatic heterocycles. The number of sulfonamides is 1. The summed E-state index contributed by atoms with van der Waals surface area (Å²) in [5, 5.41) is 0. The lowest BCUT2D eigenvalue weighted by molar-refractivity contribution is 0.324. The van der Waals surface area contributed by atoms with Crippen molar-refractivity contribution in [1.29, 1.82) is 0 Å². The molecule has 1 heterocycles. The van der Waals surface area contributed by atoms with Crippen molar-refractivity contribution >= 4 is 15.7 Å².